The van der Waals surface area contributed by atoms with Gasteiger partial charge < -0.3 is 4.74 Å². The molecule has 0 N–H and O–H groups in total. The molecular weight excluding hydrogens is 286 g/mol. The second-order valence-corrected chi connectivity index (χ2v) is 5.27. The van der Waals surface area contributed by atoms with Crippen LogP contribution in [0.4, 0.5) is 0 Å². The summed E-state index contributed by atoms with van der Waals surface area (Å²) in [5, 5.41) is 0.503. The third-order valence-corrected chi connectivity index (χ3v) is 3.43. The molecule has 4 nitrogen and oxygen atoms in total. The smallest absolute Gasteiger partial charge is 0.138 e. The van der Waals surface area contributed by atoms with Crippen molar-refractivity contribution in [2.45, 2.75) is 40.0 Å². The van der Waals surface area contributed by atoms with Crippen molar-refractivity contribution in [3.63, 3.8) is 0 Å². The molecule has 0 fully saturated rings. The third kappa shape index (κ3) is 3.91. The number of ether oxygens (including phenoxy) is 1. The lowest BCUT2D eigenvalue weighted by Crippen LogP contribution is -2.01. The molecule has 5 heteroatoms. The van der Waals surface area contributed by atoms with Gasteiger partial charge in [-0.2, -0.15) is 0 Å². The van der Waals surface area contributed by atoms with Gasteiger partial charge in [0, 0.05) is 23.7 Å². The van der Waals surface area contributed by atoms with Crippen LogP contribution in [0.25, 0.3) is 11.3 Å². The van der Waals surface area contributed by atoms with Crippen LogP contribution < -0.4 is 4.74 Å². The quantitative estimate of drug-likeness (QED) is 0.749. The summed E-state index contributed by atoms with van der Waals surface area (Å²) in [4.78, 5) is 13.2. The average Bonchev–Trinajstić information content (AvgIpc) is 2.49. The summed E-state index contributed by atoms with van der Waals surface area (Å²) in [6, 6.07) is 1.95. The van der Waals surface area contributed by atoms with Crippen molar-refractivity contribution in [3.8, 4) is 17.0 Å². The van der Waals surface area contributed by atoms with Crippen LogP contribution in [0.15, 0.2) is 18.5 Å². The Morgan fingerprint density at radius 3 is 2.67 bits per heavy atom. The van der Waals surface area contributed by atoms with Gasteiger partial charge in [0.05, 0.1) is 18.5 Å². The predicted molar refractivity (Wildman–Crippen MR) is 84.8 cm³/mol. The van der Waals surface area contributed by atoms with E-state index in [4.69, 9.17) is 16.3 Å². The van der Waals surface area contributed by atoms with Gasteiger partial charge >= 0.3 is 0 Å². The first-order valence-electron chi connectivity index (χ1n) is 7.27. The summed E-state index contributed by atoms with van der Waals surface area (Å²) in [6.07, 6.45) is 6.25. The molecule has 2 aromatic rings. The highest BCUT2D eigenvalue weighted by atomic mass is 35.5. The SMILES string of the molecule is CCCOc1cncc(-c2nc(CCC)nc(Cl)c2C)c1. The van der Waals surface area contributed by atoms with E-state index < -0.39 is 0 Å². The normalized spacial score (nSPS) is 10.7. The van der Waals surface area contributed by atoms with Gasteiger partial charge in [-0.15, -0.1) is 0 Å². The summed E-state index contributed by atoms with van der Waals surface area (Å²) < 4.78 is 5.63. The molecule has 0 saturated heterocycles. The summed E-state index contributed by atoms with van der Waals surface area (Å²) in [5.41, 5.74) is 2.60. The first-order valence-corrected chi connectivity index (χ1v) is 7.64. The summed E-state index contributed by atoms with van der Waals surface area (Å²) in [6.45, 7) is 6.77. The van der Waals surface area contributed by atoms with E-state index in [2.05, 4.69) is 28.8 Å². The van der Waals surface area contributed by atoms with Gasteiger partial charge in [0.15, 0.2) is 0 Å². The number of nitrogens with zero attached hydrogens (tertiary/aromatic N) is 3. The number of rotatable bonds is 6. The van der Waals surface area contributed by atoms with E-state index in [1.807, 2.05) is 13.0 Å². The Hall–Kier alpha value is -1.68. The molecule has 0 aliphatic heterocycles. The van der Waals surface area contributed by atoms with Crippen molar-refractivity contribution in [1.29, 1.82) is 0 Å². The minimum Gasteiger partial charge on any atom is -0.492 e. The van der Waals surface area contributed by atoms with Crippen LogP contribution in [0.1, 0.15) is 38.1 Å². The highest BCUT2D eigenvalue weighted by molar-refractivity contribution is 6.30. The summed E-state index contributed by atoms with van der Waals surface area (Å²) in [5.74, 6) is 1.52. The van der Waals surface area contributed by atoms with E-state index in [0.29, 0.717) is 11.8 Å². The van der Waals surface area contributed by atoms with Gasteiger partial charge in [-0.05, 0) is 25.8 Å². The maximum atomic E-state index is 6.23. The van der Waals surface area contributed by atoms with E-state index in [0.717, 1.165) is 47.7 Å². The van der Waals surface area contributed by atoms with Crippen LogP contribution in [0.5, 0.6) is 5.75 Å². The Kier molecular flexibility index (Phi) is 5.51. The van der Waals surface area contributed by atoms with Gasteiger partial charge in [-0.3, -0.25) is 4.98 Å². The molecule has 2 heterocycles. The first kappa shape index (κ1) is 15.7. The van der Waals surface area contributed by atoms with Gasteiger partial charge in [0.2, 0.25) is 0 Å². The van der Waals surface area contributed by atoms with Gasteiger partial charge in [-0.1, -0.05) is 25.4 Å². The second-order valence-electron chi connectivity index (χ2n) is 4.91. The van der Waals surface area contributed by atoms with Crippen molar-refractivity contribution in [2.24, 2.45) is 0 Å². The molecule has 0 spiro atoms. The standard InChI is InChI=1S/C16H20ClN3O/c1-4-6-14-19-15(11(3)16(17)20-14)12-8-13(10-18-9-12)21-7-5-2/h8-10H,4-7H2,1-3H3. The molecule has 0 aromatic carbocycles. The summed E-state index contributed by atoms with van der Waals surface area (Å²) in [7, 11) is 0. The monoisotopic (exact) mass is 305 g/mol. The topological polar surface area (TPSA) is 47.9 Å². The predicted octanol–water partition coefficient (Wildman–Crippen LogP) is 4.24. The molecule has 0 bridgehead atoms. The fourth-order valence-corrected chi connectivity index (χ4v) is 2.18. The second kappa shape index (κ2) is 7.36. The van der Waals surface area contributed by atoms with Crippen molar-refractivity contribution in [2.75, 3.05) is 6.61 Å². The fraction of sp³-hybridized carbons (Fsp3) is 0.438. The largest absolute Gasteiger partial charge is 0.492 e. The molecule has 0 saturated carbocycles. The molecular formula is C16H20ClN3O. The molecule has 112 valence electrons. The zero-order chi connectivity index (χ0) is 15.2. The molecule has 0 radical (unpaired) electrons. The van der Waals surface area contributed by atoms with Crippen molar-refractivity contribution in [1.82, 2.24) is 15.0 Å². The van der Waals surface area contributed by atoms with Crippen LogP contribution in [0.3, 0.4) is 0 Å². The highest BCUT2D eigenvalue weighted by Crippen LogP contribution is 2.27. The fourth-order valence-electron chi connectivity index (χ4n) is 2.00. The molecule has 0 atom stereocenters. The van der Waals surface area contributed by atoms with Crippen LogP contribution in [0, 0.1) is 6.92 Å². The number of pyridine rings is 1. The molecule has 21 heavy (non-hydrogen) atoms. The molecule has 0 amide bonds. The molecule has 2 rings (SSSR count). The van der Waals surface area contributed by atoms with Crippen LogP contribution in [-0.4, -0.2) is 21.6 Å². The summed E-state index contributed by atoms with van der Waals surface area (Å²) >= 11 is 6.23. The Morgan fingerprint density at radius 1 is 1.14 bits per heavy atom. The number of halogens is 1. The van der Waals surface area contributed by atoms with Gasteiger partial charge in [-0.25, -0.2) is 9.97 Å². The maximum Gasteiger partial charge on any atom is 0.138 e. The van der Waals surface area contributed by atoms with E-state index in [1.54, 1.807) is 12.4 Å². The number of aromatic nitrogens is 3. The number of hydrogen-bond acceptors (Lipinski definition) is 4. The lowest BCUT2D eigenvalue weighted by molar-refractivity contribution is 0.316. The Bertz CT molecular complexity index is 616. The molecule has 2 aromatic heterocycles. The first-order chi connectivity index (χ1) is 10.2. The van der Waals surface area contributed by atoms with Crippen molar-refractivity contribution < 1.29 is 4.74 Å². The minimum atomic E-state index is 0.503. The van der Waals surface area contributed by atoms with E-state index in [9.17, 15) is 0 Å². The van der Waals surface area contributed by atoms with Crippen molar-refractivity contribution >= 4 is 11.6 Å². The zero-order valence-electron chi connectivity index (χ0n) is 12.7. The van der Waals surface area contributed by atoms with Gasteiger partial charge in [0.25, 0.3) is 0 Å². The van der Waals surface area contributed by atoms with Gasteiger partial charge in [0.1, 0.15) is 16.7 Å². The number of hydrogen-bond donors (Lipinski definition) is 0. The van der Waals surface area contributed by atoms with E-state index >= 15 is 0 Å². The lowest BCUT2D eigenvalue weighted by atomic mass is 10.1. The molecule has 0 aliphatic carbocycles. The average molecular weight is 306 g/mol. The van der Waals surface area contributed by atoms with E-state index in [1.165, 1.54) is 0 Å². The number of aryl methyl sites for hydroxylation is 1. The Balaban J connectivity index is 2.40. The zero-order valence-corrected chi connectivity index (χ0v) is 13.4. The molecule has 0 unspecified atom stereocenters. The van der Waals surface area contributed by atoms with Crippen LogP contribution in [-0.2, 0) is 6.42 Å². The Labute approximate surface area is 130 Å². The minimum absolute atomic E-state index is 0.503. The van der Waals surface area contributed by atoms with E-state index in [-0.39, 0.29) is 0 Å². The lowest BCUT2D eigenvalue weighted by Gasteiger charge is -2.10. The van der Waals surface area contributed by atoms with Crippen LogP contribution in [0.2, 0.25) is 5.15 Å². The Morgan fingerprint density at radius 2 is 1.95 bits per heavy atom. The highest BCUT2D eigenvalue weighted by Gasteiger charge is 2.12. The van der Waals surface area contributed by atoms with Crippen molar-refractivity contribution in [3.05, 3.63) is 35.0 Å². The third-order valence-electron chi connectivity index (χ3n) is 3.07. The van der Waals surface area contributed by atoms with Crippen LogP contribution >= 0.6 is 11.6 Å². The molecule has 0 aliphatic rings. The maximum absolute atomic E-state index is 6.23.